The van der Waals surface area contributed by atoms with E-state index in [1.807, 2.05) is 4.90 Å². The van der Waals surface area contributed by atoms with Crippen LogP contribution >= 0.6 is 0 Å². The van der Waals surface area contributed by atoms with E-state index < -0.39 is 0 Å². The quantitative estimate of drug-likeness (QED) is 0.870. The Morgan fingerprint density at radius 2 is 1.88 bits per heavy atom. The smallest absolute Gasteiger partial charge is 0.179 e. The average Bonchev–Trinajstić information content (AvgIpc) is 3.32. The van der Waals surface area contributed by atoms with Gasteiger partial charge in [0.2, 0.25) is 0 Å². The van der Waals surface area contributed by atoms with Gasteiger partial charge in [0.15, 0.2) is 6.19 Å². The van der Waals surface area contributed by atoms with Gasteiger partial charge in [-0.05, 0) is 31.7 Å². The van der Waals surface area contributed by atoms with E-state index in [0.717, 1.165) is 62.6 Å². The predicted octanol–water partition coefficient (Wildman–Crippen LogP) is 2.10. The molecule has 0 amide bonds. The summed E-state index contributed by atoms with van der Waals surface area (Å²) in [5.74, 6) is 0.380. The summed E-state index contributed by atoms with van der Waals surface area (Å²) >= 11 is 0. The largest absolute Gasteiger partial charge is 0.369 e. The summed E-state index contributed by atoms with van der Waals surface area (Å²) in [6.45, 7) is 6.03. The maximum absolute atomic E-state index is 9.01. The molecule has 0 bridgehead atoms. The van der Waals surface area contributed by atoms with Crippen LogP contribution in [0.3, 0.4) is 0 Å². The Balaban J connectivity index is 1.45. The first-order valence-electron chi connectivity index (χ1n) is 8.97. The van der Waals surface area contributed by atoms with Crippen molar-refractivity contribution in [3.05, 3.63) is 36.0 Å². The molecular weight excluding hydrogens is 312 g/mol. The fourth-order valence-corrected chi connectivity index (χ4v) is 3.71. The number of hydrogen-bond acceptors (Lipinski definition) is 5. The zero-order valence-corrected chi connectivity index (χ0v) is 14.6. The van der Waals surface area contributed by atoms with Gasteiger partial charge in [0.25, 0.3) is 0 Å². The topological polar surface area (TPSA) is 62.2 Å². The molecule has 6 nitrogen and oxygen atoms in total. The van der Waals surface area contributed by atoms with Crippen LogP contribution < -0.4 is 4.90 Å². The van der Waals surface area contributed by atoms with Crippen molar-refractivity contribution in [2.24, 2.45) is 0 Å². The Morgan fingerprint density at radius 1 is 1.12 bits per heavy atom. The average molecular weight is 336 g/mol. The molecule has 0 spiro atoms. The molecule has 0 radical (unpaired) electrons. The van der Waals surface area contributed by atoms with Crippen LogP contribution in [0.5, 0.6) is 0 Å². The standard InChI is InChI=1S/C19H24N6/c1-23-8-10-25(11-9-23)17-4-2-15(3-5-17)18-12-19(22-21-18)16-6-7-24(13-16)14-20/h2-5,12,16H,6-11,13H2,1H3,(H,21,22). The molecule has 25 heavy (non-hydrogen) atoms. The number of benzene rings is 1. The monoisotopic (exact) mass is 336 g/mol. The number of aromatic nitrogens is 2. The van der Waals surface area contributed by atoms with Gasteiger partial charge in [0.1, 0.15) is 0 Å². The first-order chi connectivity index (χ1) is 12.2. The van der Waals surface area contributed by atoms with E-state index in [2.05, 4.69) is 63.6 Å². The molecule has 3 heterocycles. The van der Waals surface area contributed by atoms with Crippen LogP contribution in [0.1, 0.15) is 18.0 Å². The number of anilines is 1. The van der Waals surface area contributed by atoms with E-state index in [1.165, 1.54) is 5.69 Å². The molecular formula is C19H24N6. The second-order valence-electron chi connectivity index (χ2n) is 7.08. The van der Waals surface area contributed by atoms with E-state index in [-0.39, 0.29) is 0 Å². The van der Waals surface area contributed by atoms with E-state index in [9.17, 15) is 0 Å². The van der Waals surface area contributed by atoms with Crippen molar-refractivity contribution in [2.75, 3.05) is 51.2 Å². The van der Waals surface area contributed by atoms with Crippen LogP contribution in [-0.4, -0.2) is 66.3 Å². The third-order valence-corrected chi connectivity index (χ3v) is 5.40. The van der Waals surface area contributed by atoms with Gasteiger partial charge in [-0.25, -0.2) is 0 Å². The number of nitriles is 1. The van der Waals surface area contributed by atoms with Crippen molar-refractivity contribution in [1.82, 2.24) is 20.0 Å². The Morgan fingerprint density at radius 3 is 2.56 bits per heavy atom. The summed E-state index contributed by atoms with van der Waals surface area (Å²) in [5, 5.41) is 16.7. The number of piperazine rings is 1. The van der Waals surface area contributed by atoms with Crippen LogP contribution in [0.25, 0.3) is 11.3 Å². The number of H-pyrrole nitrogens is 1. The summed E-state index contributed by atoms with van der Waals surface area (Å²) in [5.41, 5.74) is 4.54. The number of hydrogen-bond donors (Lipinski definition) is 1. The van der Waals surface area contributed by atoms with E-state index in [4.69, 9.17) is 5.26 Å². The Hall–Kier alpha value is -2.52. The zero-order chi connectivity index (χ0) is 17.2. The lowest BCUT2D eigenvalue weighted by molar-refractivity contribution is 0.313. The molecule has 1 unspecified atom stereocenters. The first-order valence-corrected chi connectivity index (χ1v) is 8.97. The zero-order valence-electron chi connectivity index (χ0n) is 14.6. The molecule has 1 aromatic carbocycles. The van der Waals surface area contributed by atoms with Crippen molar-refractivity contribution in [3.63, 3.8) is 0 Å². The minimum absolute atomic E-state index is 0.380. The maximum atomic E-state index is 9.01. The first kappa shape index (κ1) is 16.0. The molecule has 4 rings (SSSR count). The number of nitrogens with one attached hydrogen (secondary N) is 1. The van der Waals surface area contributed by atoms with E-state index in [1.54, 1.807) is 0 Å². The maximum Gasteiger partial charge on any atom is 0.179 e. The lowest BCUT2D eigenvalue weighted by Gasteiger charge is -2.34. The van der Waals surface area contributed by atoms with Crippen LogP contribution in [0.4, 0.5) is 5.69 Å². The van der Waals surface area contributed by atoms with Crippen LogP contribution in [0.2, 0.25) is 0 Å². The summed E-state index contributed by atoms with van der Waals surface area (Å²) in [7, 11) is 2.18. The minimum atomic E-state index is 0.380. The van der Waals surface area contributed by atoms with Gasteiger partial charge >= 0.3 is 0 Å². The molecule has 1 aromatic heterocycles. The molecule has 2 aliphatic rings. The molecule has 2 aromatic rings. The van der Waals surface area contributed by atoms with Crippen molar-refractivity contribution in [2.45, 2.75) is 12.3 Å². The van der Waals surface area contributed by atoms with Gasteiger partial charge in [0, 0.05) is 62.1 Å². The summed E-state index contributed by atoms with van der Waals surface area (Å²) in [6, 6.07) is 10.8. The molecule has 2 aliphatic heterocycles. The number of likely N-dealkylation sites (N-methyl/N-ethyl adjacent to an activating group) is 1. The highest BCUT2D eigenvalue weighted by Gasteiger charge is 2.24. The predicted molar refractivity (Wildman–Crippen MR) is 98.3 cm³/mol. The highest BCUT2D eigenvalue weighted by Crippen LogP contribution is 2.29. The second kappa shape index (κ2) is 6.77. The van der Waals surface area contributed by atoms with Gasteiger partial charge < -0.3 is 14.7 Å². The molecule has 130 valence electrons. The van der Waals surface area contributed by atoms with Crippen LogP contribution in [0.15, 0.2) is 30.3 Å². The number of likely N-dealkylation sites (tertiary alicyclic amines) is 1. The third kappa shape index (κ3) is 3.33. The molecule has 2 fully saturated rings. The van der Waals surface area contributed by atoms with Crippen molar-refractivity contribution >= 4 is 5.69 Å². The Labute approximate surface area is 148 Å². The molecule has 0 aliphatic carbocycles. The summed E-state index contributed by atoms with van der Waals surface area (Å²) in [4.78, 5) is 6.62. The molecule has 6 heteroatoms. The van der Waals surface area contributed by atoms with Crippen LogP contribution in [0, 0.1) is 11.5 Å². The highest BCUT2D eigenvalue weighted by atomic mass is 15.2. The summed E-state index contributed by atoms with van der Waals surface area (Å²) < 4.78 is 0. The molecule has 1 N–H and O–H groups in total. The number of rotatable bonds is 3. The van der Waals surface area contributed by atoms with Gasteiger partial charge in [-0.3, -0.25) is 5.10 Å². The fraction of sp³-hybridized carbons (Fsp3) is 0.474. The lowest BCUT2D eigenvalue weighted by atomic mass is 10.0. The van der Waals surface area contributed by atoms with E-state index in [0.29, 0.717) is 5.92 Å². The highest BCUT2D eigenvalue weighted by molar-refractivity contribution is 5.63. The minimum Gasteiger partial charge on any atom is -0.369 e. The molecule has 0 saturated carbocycles. The van der Waals surface area contributed by atoms with Gasteiger partial charge in [-0.2, -0.15) is 10.4 Å². The van der Waals surface area contributed by atoms with Gasteiger partial charge in [-0.15, -0.1) is 0 Å². The van der Waals surface area contributed by atoms with Gasteiger partial charge in [-0.1, -0.05) is 12.1 Å². The second-order valence-corrected chi connectivity index (χ2v) is 7.08. The third-order valence-electron chi connectivity index (χ3n) is 5.40. The lowest BCUT2D eigenvalue weighted by Crippen LogP contribution is -2.44. The molecule has 1 atom stereocenters. The number of nitrogens with zero attached hydrogens (tertiary/aromatic N) is 5. The van der Waals surface area contributed by atoms with Gasteiger partial charge in [0.05, 0.1) is 5.69 Å². The summed E-state index contributed by atoms with van der Waals surface area (Å²) in [6.07, 6.45) is 3.25. The van der Waals surface area contributed by atoms with Crippen molar-refractivity contribution in [3.8, 4) is 17.5 Å². The number of aromatic amines is 1. The fourth-order valence-electron chi connectivity index (χ4n) is 3.71. The Bertz CT molecular complexity index is 751. The molecule has 2 saturated heterocycles. The Kier molecular flexibility index (Phi) is 4.33. The van der Waals surface area contributed by atoms with E-state index >= 15 is 0 Å². The normalized spacial score (nSPS) is 21.5. The van der Waals surface area contributed by atoms with Crippen LogP contribution in [-0.2, 0) is 0 Å². The van der Waals surface area contributed by atoms with Crippen molar-refractivity contribution < 1.29 is 0 Å². The SMILES string of the molecule is CN1CCN(c2ccc(-c3cc(C4CCN(C#N)C4)[nH]n3)cc2)CC1. The van der Waals surface area contributed by atoms with Crippen molar-refractivity contribution in [1.29, 1.82) is 5.26 Å².